The average molecular weight is 256 g/mol. The van der Waals surface area contributed by atoms with Gasteiger partial charge in [0.15, 0.2) is 5.82 Å². The van der Waals surface area contributed by atoms with Gasteiger partial charge in [-0.15, -0.1) is 11.6 Å². The summed E-state index contributed by atoms with van der Waals surface area (Å²) >= 11 is 11.9. The van der Waals surface area contributed by atoms with Crippen LogP contribution >= 0.6 is 23.2 Å². The van der Waals surface area contributed by atoms with Crippen molar-refractivity contribution in [2.75, 3.05) is 0 Å². The van der Waals surface area contributed by atoms with E-state index in [1.807, 2.05) is 26.0 Å². The van der Waals surface area contributed by atoms with E-state index in [1.165, 1.54) is 0 Å². The van der Waals surface area contributed by atoms with E-state index >= 15 is 0 Å². The molecular formula is C11H11Cl2N3. The molecule has 0 bridgehead atoms. The van der Waals surface area contributed by atoms with E-state index in [4.69, 9.17) is 23.2 Å². The summed E-state index contributed by atoms with van der Waals surface area (Å²) < 4.78 is 1.73. The quantitative estimate of drug-likeness (QED) is 0.772. The van der Waals surface area contributed by atoms with Crippen LogP contribution in [0, 0.1) is 13.8 Å². The van der Waals surface area contributed by atoms with Crippen LogP contribution in [0.3, 0.4) is 0 Å². The molecule has 0 atom stereocenters. The molecule has 16 heavy (non-hydrogen) atoms. The first-order chi connectivity index (χ1) is 7.61. The lowest BCUT2D eigenvalue weighted by molar-refractivity contribution is 0.805. The zero-order chi connectivity index (χ0) is 11.7. The average Bonchev–Trinajstić information content (AvgIpc) is 2.57. The molecule has 0 spiro atoms. The molecule has 2 aromatic rings. The van der Waals surface area contributed by atoms with Crippen LogP contribution in [0.15, 0.2) is 18.3 Å². The number of nitrogens with zero attached hydrogens (tertiary/aromatic N) is 3. The standard InChI is InChI=1S/C11H11Cl2N3/c1-7-3-8(2)16(15-7)11-10(13)4-9(5-12)6-14-11/h3-4,6H,5H2,1-2H3. The Morgan fingerprint density at radius 1 is 1.31 bits per heavy atom. The van der Waals surface area contributed by atoms with Crippen LogP contribution in [0.5, 0.6) is 0 Å². The number of rotatable bonds is 2. The summed E-state index contributed by atoms with van der Waals surface area (Å²) in [6, 6.07) is 3.79. The maximum absolute atomic E-state index is 6.14. The first-order valence-corrected chi connectivity index (χ1v) is 5.77. The highest BCUT2D eigenvalue weighted by Gasteiger charge is 2.09. The molecule has 0 unspecified atom stereocenters. The van der Waals surface area contributed by atoms with Crippen LogP contribution in [-0.4, -0.2) is 14.8 Å². The highest BCUT2D eigenvalue weighted by Crippen LogP contribution is 2.21. The Hall–Kier alpha value is -1.06. The van der Waals surface area contributed by atoms with Crippen molar-refractivity contribution in [1.82, 2.24) is 14.8 Å². The fourth-order valence-corrected chi connectivity index (χ4v) is 1.96. The van der Waals surface area contributed by atoms with Crippen molar-refractivity contribution < 1.29 is 0 Å². The number of halogens is 2. The zero-order valence-corrected chi connectivity index (χ0v) is 10.5. The van der Waals surface area contributed by atoms with Gasteiger partial charge >= 0.3 is 0 Å². The normalized spacial score (nSPS) is 10.8. The molecule has 0 saturated carbocycles. The maximum atomic E-state index is 6.14. The van der Waals surface area contributed by atoms with Crippen molar-refractivity contribution in [2.45, 2.75) is 19.7 Å². The molecule has 0 radical (unpaired) electrons. The zero-order valence-electron chi connectivity index (χ0n) is 9.04. The fourth-order valence-electron chi connectivity index (χ4n) is 1.54. The molecule has 0 aromatic carbocycles. The van der Waals surface area contributed by atoms with Gasteiger partial charge in [0.2, 0.25) is 0 Å². The Labute approximate surface area is 104 Å². The molecule has 0 saturated heterocycles. The Kier molecular flexibility index (Phi) is 3.17. The smallest absolute Gasteiger partial charge is 0.172 e. The second-order valence-electron chi connectivity index (χ2n) is 3.62. The van der Waals surface area contributed by atoms with Crippen molar-refractivity contribution >= 4 is 23.2 Å². The molecule has 84 valence electrons. The van der Waals surface area contributed by atoms with Crippen molar-refractivity contribution in [2.24, 2.45) is 0 Å². The predicted octanol–water partition coefficient (Wildman–Crippen LogP) is 3.28. The van der Waals surface area contributed by atoms with Crippen LogP contribution in [0.4, 0.5) is 0 Å². The lowest BCUT2D eigenvalue weighted by atomic mass is 10.3. The highest BCUT2D eigenvalue weighted by atomic mass is 35.5. The summed E-state index contributed by atoms with van der Waals surface area (Å²) in [7, 11) is 0. The van der Waals surface area contributed by atoms with Crippen LogP contribution in [0.25, 0.3) is 5.82 Å². The van der Waals surface area contributed by atoms with E-state index < -0.39 is 0 Å². The summed E-state index contributed by atoms with van der Waals surface area (Å²) in [5, 5.41) is 4.89. The molecule has 0 fully saturated rings. The molecule has 2 rings (SSSR count). The number of hydrogen-bond acceptors (Lipinski definition) is 2. The number of alkyl halides is 1. The topological polar surface area (TPSA) is 30.7 Å². The van der Waals surface area contributed by atoms with Gasteiger partial charge in [-0.2, -0.15) is 5.10 Å². The molecule has 0 amide bonds. The van der Waals surface area contributed by atoms with Crippen LogP contribution in [-0.2, 0) is 5.88 Å². The van der Waals surface area contributed by atoms with Gasteiger partial charge < -0.3 is 0 Å². The second-order valence-corrected chi connectivity index (χ2v) is 4.30. The van der Waals surface area contributed by atoms with Gasteiger partial charge in [0.25, 0.3) is 0 Å². The molecule has 3 nitrogen and oxygen atoms in total. The first kappa shape index (κ1) is 11.4. The van der Waals surface area contributed by atoms with E-state index in [-0.39, 0.29) is 0 Å². The minimum Gasteiger partial charge on any atom is -0.235 e. The second kappa shape index (κ2) is 4.44. The predicted molar refractivity (Wildman–Crippen MR) is 65.4 cm³/mol. The van der Waals surface area contributed by atoms with Gasteiger partial charge in [-0.05, 0) is 31.5 Å². The molecule has 2 heterocycles. The van der Waals surface area contributed by atoms with Crippen LogP contribution in [0.2, 0.25) is 5.02 Å². The molecular weight excluding hydrogens is 245 g/mol. The number of pyridine rings is 1. The van der Waals surface area contributed by atoms with Gasteiger partial charge in [-0.1, -0.05) is 11.6 Å². The van der Waals surface area contributed by atoms with Gasteiger partial charge in [0.1, 0.15) is 0 Å². The summed E-state index contributed by atoms with van der Waals surface area (Å²) in [5.41, 5.74) is 2.85. The van der Waals surface area contributed by atoms with Crippen molar-refractivity contribution in [3.63, 3.8) is 0 Å². The van der Waals surface area contributed by atoms with E-state index in [0.29, 0.717) is 16.7 Å². The lowest BCUT2D eigenvalue weighted by Crippen LogP contribution is -2.03. The molecule has 0 N–H and O–H groups in total. The van der Waals surface area contributed by atoms with Crippen molar-refractivity contribution in [3.05, 3.63) is 40.3 Å². The third-order valence-electron chi connectivity index (χ3n) is 2.24. The number of hydrogen-bond donors (Lipinski definition) is 0. The monoisotopic (exact) mass is 255 g/mol. The Morgan fingerprint density at radius 2 is 2.06 bits per heavy atom. The Morgan fingerprint density at radius 3 is 2.56 bits per heavy atom. The lowest BCUT2D eigenvalue weighted by Gasteiger charge is -2.06. The van der Waals surface area contributed by atoms with Crippen molar-refractivity contribution in [1.29, 1.82) is 0 Å². The minimum absolute atomic E-state index is 0.407. The molecule has 0 aliphatic carbocycles. The van der Waals surface area contributed by atoms with E-state index in [0.717, 1.165) is 17.0 Å². The third-order valence-corrected chi connectivity index (χ3v) is 2.83. The summed E-state index contributed by atoms with van der Waals surface area (Å²) in [5.74, 6) is 1.05. The van der Waals surface area contributed by atoms with E-state index in [2.05, 4.69) is 10.1 Å². The summed E-state index contributed by atoms with van der Waals surface area (Å²) in [6.07, 6.45) is 1.71. The largest absolute Gasteiger partial charge is 0.235 e. The molecule has 5 heteroatoms. The number of aromatic nitrogens is 3. The summed E-state index contributed by atoms with van der Waals surface area (Å²) in [6.45, 7) is 3.90. The van der Waals surface area contributed by atoms with E-state index in [1.54, 1.807) is 10.9 Å². The van der Waals surface area contributed by atoms with Gasteiger partial charge in [0, 0.05) is 17.8 Å². The third kappa shape index (κ3) is 2.06. The van der Waals surface area contributed by atoms with E-state index in [9.17, 15) is 0 Å². The first-order valence-electron chi connectivity index (χ1n) is 4.86. The Bertz CT molecular complexity index is 520. The highest BCUT2D eigenvalue weighted by molar-refractivity contribution is 6.32. The molecule has 0 aliphatic rings. The summed E-state index contributed by atoms with van der Waals surface area (Å²) in [4.78, 5) is 4.28. The molecule has 2 aromatic heterocycles. The van der Waals surface area contributed by atoms with Gasteiger partial charge in [0.05, 0.1) is 10.7 Å². The number of aryl methyl sites for hydroxylation is 2. The van der Waals surface area contributed by atoms with Gasteiger partial charge in [-0.25, -0.2) is 9.67 Å². The Balaban J connectivity index is 2.52. The SMILES string of the molecule is Cc1cc(C)n(-c2ncc(CCl)cc2Cl)n1. The van der Waals surface area contributed by atoms with Crippen molar-refractivity contribution in [3.8, 4) is 5.82 Å². The molecule has 0 aliphatic heterocycles. The fraction of sp³-hybridized carbons (Fsp3) is 0.273. The van der Waals surface area contributed by atoms with Gasteiger partial charge in [-0.3, -0.25) is 0 Å². The minimum atomic E-state index is 0.407. The van der Waals surface area contributed by atoms with Crippen LogP contribution < -0.4 is 0 Å². The van der Waals surface area contributed by atoms with Crippen LogP contribution in [0.1, 0.15) is 17.0 Å². The maximum Gasteiger partial charge on any atom is 0.172 e.